The molecule has 0 aromatic heterocycles. The number of anilines is 1. The lowest BCUT2D eigenvalue weighted by molar-refractivity contribution is -0.384. The van der Waals surface area contributed by atoms with Crippen LogP contribution in [0, 0.1) is 10.1 Å². The fraction of sp³-hybridized carbons (Fsp3) is 0.250. The predicted molar refractivity (Wildman–Crippen MR) is 57.1 cm³/mol. The minimum Gasteiger partial charge on any atom is -0.483 e. The van der Waals surface area contributed by atoms with E-state index in [1.54, 1.807) is 13.1 Å². The molecule has 6 heteroatoms. The lowest BCUT2D eigenvalue weighted by Gasteiger charge is -2.05. The van der Waals surface area contributed by atoms with Gasteiger partial charge in [-0.2, -0.15) is 0 Å². The number of nitro benzene ring substituents is 1. The number of rotatable bonds is 4. The van der Waals surface area contributed by atoms with Crippen LogP contribution in [-0.4, -0.2) is 17.9 Å². The van der Waals surface area contributed by atoms with Crippen molar-refractivity contribution in [2.45, 2.75) is 0 Å². The second-order valence-corrected chi connectivity index (χ2v) is 2.72. The van der Waals surface area contributed by atoms with E-state index in [4.69, 9.17) is 4.74 Å². The van der Waals surface area contributed by atoms with E-state index < -0.39 is 4.92 Å². The molecule has 0 unspecified atom stereocenters. The minimum absolute atomic E-state index is 0.0269. The lowest BCUT2D eigenvalue weighted by atomic mass is 10.2. The molecule has 0 saturated carbocycles. The van der Waals surface area contributed by atoms with E-state index in [0.29, 0.717) is 11.4 Å². The number of nitrogens with zero attached hydrogens (tertiary/aromatic N) is 1. The molecule has 1 aromatic carbocycles. The van der Waals surface area contributed by atoms with Crippen molar-refractivity contribution in [3.8, 4) is 5.75 Å². The van der Waals surface area contributed by atoms with Crippen LogP contribution >= 0.6 is 12.6 Å². The first-order chi connectivity index (χ1) is 6.69. The zero-order valence-electron chi connectivity index (χ0n) is 7.56. The van der Waals surface area contributed by atoms with Gasteiger partial charge in [-0.05, 0) is 6.07 Å². The normalized spacial score (nSPS) is 9.57. The van der Waals surface area contributed by atoms with E-state index >= 15 is 0 Å². The van der Waals surface area contributed by atoms with Crippen LogP contribution in [0.2, 0.25) is 0 Å². The van der Waals surface area contributed by atoms with Crippen LogP contribution in [0.3, 0.4) is 0 Å². The largest absolute Gasteiger partial charge is 0.483 e. The van der Waals surface area contributed by atoms with Crippen LogP contribution in [0.5, 0.6) is 5.75 Å². The monoisotopic (exact) mass is 214 g/mol. The minimum atomic E-state index is -0.448. The molecule has 0 saturated heterocycles. The van der Waals surface area contributed by atoms with Gasteiger partial charge in [-0.15, -0.1) is 12.6 Å². The van der Waals surface area contributed by atoms with Gasteiger partial charge in [0.25, 0.3) is 5.69 Å². The summed E-state index contributed by atoms with van der Waals surface area (Å²) in [6.45, 7) is 0. The van der Waals surface area contributed by atoms with Crippen molar-refractivity contribution in [3.63, 3.8) is 0 Å². The van der Waals surface area contributed by atoms with Crippen molar-refractivity contribution in [2.24, 2.45) is 0 Å². The standard InChI is InChI=1S/C8H10N2O3S/c1-9-7-4-6(13-5-14)2-3-8(7)10(11)12/h2-4,9,14H,5H2,1H3. The van der Waals surface area contributed by atoms with E-state index in [0.717, 1.165) is 0 Å². The van der Waals surface area contributed by atoms with Crippen molar-refractivity contribution in [1.82, 2.24) is 0 Å². The summed E-state index contributed by atoms with van der Waals surface area (Å²) in [5, 5.41) is 13.3. The van der Waals surface area contributed by atoms with Gasteiger partial charge in [-0.25, -0.2) is 0 Å². The summed E-state index contributed by atoms with van der Waals surface area (Å²) in [6, 6.07) is 4.49. The maximum Gasteiger partial charge on any atom is 0.292 e. The van der Waals surface area contributed by atoms with Crippen molar-refractivity contribution < 1.29 is 9.66 Å². The Bertz CT molecular complexity index is 343. The fourth-order valence-electron chi connectivity index (χ4n) is 1.04. The van der Waals surface area contributed by atoms with Gasteiger partial charge >= 0.3 is 0 Å². The first-order valence-corrected chi connectivity index (χ1v) is 4.52. The Morgan fingerprint density at radius 3 is 2.86 bits per heavy atom. The molecule has 0 amide bonds. The van der Waals surface area contributed by atoms with Gasteiger partial charge in [-0.3, -0.25) is 10.1 Å². The summed E-state index contributed by atoms with van der Waals surface area (Å²) in [5.41, 5.74) is 0.452. The first kappa shape index (κ1) is 10.6. The van der Waals surface area contributed by atoms with Crippen LogP contribution in [0.4, 0.5) is 11.4 Å². The summed E-state index contributed by atoms with van der Waals surface area (Å²) in [7, 11) is 1.62. The average Bonchev–Trinajstić information content (AvgIpc) is 2.17. The van der Waals surface area contributed by atoms with E-state index in [1.807, 2.05) is 0 Å². The highest BCUT2D eigenvalue weighted by Crippen LogP contribution is 2.28. The molecule has 5 nitrogen and oxygen atoms in total. The molecule has 0 heterocycles. The summed E-state index contributed by atoms with van der Waals surface area (Å²) >= 11 is 3.89. The number of hydrogen-bond donors (Lipinski definition) is 2. The van der Waals surface area contributed by atoms with Crippen LogP contribution in [0.25, 0.3) is 0 Å². The fourth-order valence-corrected chi connectivity index (χ4v) is 1.19. The number of ether oxygens (including phenoxy) is 1. The molecule has 0 aliphatic rings. The van der Waals surface area contributed by atoms with Gasteiger partial charge in [0.2, 0.25) is 0 Å². The van der Waals surface area contributed by atoms with Gasteiger partial charge in [0, 0.05) is 19.2 Å². The molecule has 0 aliphatic heterocycles. The van der Waals surface area contributed by atoms with E-state index in [2.05, 4.69) is 17.9 Å². The maximum atomic E-state index is 10.6. The predicted octanol–water partition coefficient (Wildman–Crippen LogP) is 1.90. The van der Waals surface area contributed by atoms with E-state index in [-0.39, 0.29) is 11.6 Å². The Hall–Kier alpha value is -1.43. The number of nitrogens with one attached hydrogen (secondary N) is 1. The Labute approximate surface area is 86.6 Å². The zero-order chi connectivity index (χ0) is 10.6. The molecule has 0 bridgehead atoms. The van der Waals surface area contributed by atoms with Gasteiger partial charge in [0.15, 0.2) is 0 Å². The van der Waals surface area contributed by atoms with Gasteiger partial charge in [-0.1, -0.05) is 0 Å². The number of nitro groups is 1. The highest BCUT2D eigenvalue weighted by atomic mass is 32.1. The number of hydrogen-bond acceptors (Lipinski definition) is 5. The molecule has 0 aliphatic carbocycles. The Kier molecular flexibility index (Phi) is 3.58. The SMILES string of the molecule is CNc1cc(OCS)ccc1[N+](=O)[O-]. The first-order valence-electron chi connectivity index (χ1n) is 3.89. The summed E-state index contributed by atoms with van der Waals surface area (Å²) < 4.78 is 5.08. The summed E-state index contributed by atoms with van der Waals surface area (Å²) in [4.78, 5) is 10.1. The maximum absolute atomic E-state index is 10.6. The highest BCUT2D eigenvalue weighted by molar-refractivity contribution is 7.80. The number of benzene rings is 1. The average molecular weight is 214 g/mol. The smallest absolute Gasteiger partial charge is 0.292 e. The van der Waals surface area contributed by atoms with Crippen molar-refractivity contribution in [3.05, 3.63) is 28.3 Å². The molecule has 76 valence electrons. The molecule has 14 heavy (non-hydrogen) atoms. The molecular weight excluding hydrogens is 204 g/mol. The number of thiol groups is 1. The molecule has 0 fully saturated rings. The van der Waals surface area contributed by atoms with Crippen LogP contribution in [0.1, 0.15) is 0 Å². The van der Waals surface area contributed by atoms with Crippen LogP contribution in [-0.2, 0) is 0 Å². The summed E-state index contributed by atoms with van der Waals surface area (Å²) in [6.07, 6.45) is 0. The third kappa shape index (κ3) is 2.29. The van der Waals surface area contributed by atoms with Crippen LogP contribution in [0.15, 0.2) is 18.2 Å². The third-order valence-electron chi connectivity index (χ3n) is 1.67. The molecule has 1 N–H and O–H groups in total. The Balaban J connectivity index is 3.05. The van der Waals surface area contributed by atoms with E-state index in [1.165, 1.54) is 12.1 Å². The van der Waals surface area contributed by atoms with Gasteiger partial charge < -0.3 is 10.1 Å². The second kappa shape index (κ2) is 4.71. The van der Waals surface area contributed by atoms with Gasteiger partial charge in [0.05, 0.1) is 4.92 Å². The molecular formula is C8H10N2O3S. The van der Waals surface area contributed by atoms with Gasteiger partial charge in [0.1, 0.15) is 17.4 Å². The third-order valence-corrected chi connectivity index (χ3v) is 1.79. The quantitative estimate of drug-likeness (QED) is 0.348. The summed E-state index contributed by atoms with van der Waals surface area (Å²) in [5.74, 6) is 0.788. The molecule has 1 aromatic rings. The lowest BCUT2D eigenvalue weighted by Crippen LogP contribution is -1.97. The molecule has 0 radical (unpaired) electrons. The van der Waals surface area contributed by atoms with Crippen LogP contribution < -0.4 is 10.1 Å². The second-order valence-electron chi connectivity index (χ2n) is 2.46. The van der Waals surface area contributed by atoms with Crippen molar-refractivity contribution in [1.29, 1.82) is 0 Å². The highest BCUT2D eigenvalue weighted by Gasteiger charge is 2.12. The Morgan fingerprint density at radius 2 is 2.36 bits per heavy atom. The van der Waals surface area contributed by atoms with E-state index in [9.17, 15) is 10.1 Å². The van der Waals surface area contributed by atoms with Crippen molar-refractivity contribution >= 4 is 24.0 Å². The molecule has 1 rings (SSSR count). The zero-order valence-corrected chi connectivity index (χ0v) is 8.45. The Morgan fingerprint density at radius 1 is 1.64 bits per heavy atom. The molecule has 0 atom stereocenters. The van der Waals surface area contributed by atoms with Crippen molar-refractivity contribution in [2.75, 3.05) is 18.3 Å². The topological polar surface area (TPSA) is 64.4 Å². The molecule has 0 spiro atoms.